The van der Waals surface area contributed by atoms with Crippen LogP contribution in [-0.4, -0.2) is 43.4 Å². The fourth-order valence-electron chi connectivity index (χ4n) is 2.71. The fraction of sp³-hybridized carbons (Fsp3) is 0.529. The Balaban J connectivity index is 0.00000264. The van der Waals surface area contributed by atoms with E-state index in [0.717, 1.165) is 25.1 Å². The fourth-order valence-corrected chi connectivity index (χ4v) is 2.71. The first-order valence-electron chi connectivity index (χ1n) is 8.06. The highest BCUT2D eigenvalue weighted by atomic mass is 127. The molecule has 2 rings (SSSR count). The number of hydrogen-bond acceptors (Lipinski definition) is 2. The summed E-state index contributed by atoms with van der Waals surface area (Å²) in [6, 6.07) is 7.65. The lowest BCUT2D eigenvalue weighted by Crippen LogP contribution is -2.38. The van der Waals surface area contributed by atoms with E-state index in [4.69, 9.17) is 5.73 Å². The molecule has 0 bridgehead atoms. The number of guanidine groups is 1. The number of nitrogens with one attached hydrogen (secondary N) is 1. The number of nitrogens with two attached hydrogens (primary N) is 1. The van der Waals surface area contributed by atoms with Gasteiger partial charge in [0.25, 0.3) is 5.91 Å². The van der Waals surface area contributed by atoms with Crippen molar-refractivity contribution < 1.29 is 4.79 Å². The third-order valence-corrected chi connectivity index (χ3v) is 4.02. The Kier molecular flexibility index (Phi) is 8.98. The van der Waals surface area contributed by atoms with Crippen LogP contribution < -0.4 is 11.1 Å². The molecule has 1 heterocycles. The first kappa shape index (κ1) is 19.7. The normalized spacial score (nSPS) is 15.5. The Bertz CT molecular complexity index is 525. The van der Waals surface area contributed by atoms with Crippen LogP contribution in [0.25, 0.3) is 0 Å². The maximum Gasteiger partial charge on any atom is 0.251 e. The Labute approximate surface area is 155 Å². The minimum absolute atomic E-state index is 0. The molecule has 6 heteroatoms. The summed E-state index contributed by atoms with van der Waals surface area (Å²) in [6.45, 7) is 2.68. The van der Waals surface area contributed by atoms with E-state index < -0.39 is 0 Å². The van der Waals surface area contributed by atoms with E-state index in [2.05, 4.69) is 15.2 Å². The van der Waals surface area contributed by atoms with Gasteiger partial charge in [-0.25, -0.2) is 0 Å². The highest BCUT2D eigenvalue weighted by molar-refractivity contribution is 14.0. The quantitative estimate of drug-likeness (QED) is 0.438. The molecule has 23 heavy (non-hydrogen) atoms. The molecule has 1 aliphatic rings. The second-order valence-corrected chi connectivity index (χ2v) is 5.67. The summed E-state index contributed by atoms with van der Waals surface area (Å²) in [5.74, 6) is 0.596. The Hall–Kier alpha value is -1.31. The highest BCUT2D eigenvalue weighted by Crippen LogP contribution is 2.10. The SMILES string of the molecule is CNC(=O)c1cccc(CCN=C(N)N2CCCCCC2)c1.I. The van der Waals surface area contributed by atoms with Gasteiger partial charge >= 0.3 is 0 Å². The van der Waals surface area contributed by atoms with Gasteiger partial charge in [0.05, 0.1) is 0 Å². The van der Waals surface area contributed by atoms with Crippen molar-refractivity contribution in [3.63, 3.8) is 0 Å². The summed E-state index contributed by atoms with van der Waals surface area (Å²) in [4.78, 5) is 18.3. The number of rotatable bonds is 4. The summed E-state index contributed by atoms with van der Waals surface area (Å²) in [5, 5.41) is 2.64. The molecule has 1 aliphatic heterocycles. The molecule has 5 nitrogen and oxygen atoms in total. The molecule has 1 saturated heterocycles. The van der Waals surface area contributed by atoms with Crippen molar-refractivity contribution in [2.24, 2.45) is 10.7 Å². The van der Waals surface area contributed by atoms with Gasteiger partial charge in [0, 0.05) is 32.2 Å². The van der Waals surface area contributed by atoms with E-state index in [-0.39, 0.29) is 29.9 Å². The average Bonchev–Trinajstić information content (AvgIpc) is 2.83. The topological polar surface area (TPSA) is 70.7 Å². The van der Waals surface area contributed by atoms with Gasteiger partial charge in [-0.1, -0.05) is 25.0 Å². The molecule has 0 radical (unpaired) electrons. The van der Waals surface area contributed by atoms with Gasteiger partial charge in [0.2, 0.25) is 0 Å². The third-order valence-electron chi connectivity index (χ3n) is 4.02. The van der Waals surface area contributed by atoms with Crippen LogP contribution in [0.4, 0.5) is 0 Å². The van der Waals surface area contributed by atoms with Gasteiger partial charge in [-0.3, -0.25) is 9.79 Å². The predicted octanol–water partition coefficient (Wildman–Crippen LogP) is 2.40. The van der Waals surface area contributed by atoms with E-state index >= 15 is 0 Å². The summed E-state index contributed by atoms with van der Waals surface area (Å²) in [6.07, 6.45) is 5.76. The highest BCUT2D eigenvalue weighted by Gasteiger charge is 2.10. The van der Waals surface area contributed by atoms with Crippen molar-refractivity contribution in [1.82, 2.24) is 10.2 Å². The molecule has 1 amide bonds. The minimum Gasteiger partial charge on any atom is -0.370 e. The van der Waals surface area contributed by atoms with Crippen molar-refractivity contribution in [2.75, 3.05) is 26.7 Å². The number of aliphatic imine (C=N–C) groups is 1. The maximum absolute atomic E-state index is 11.6. The molecule has 0 aromatic heterocycles. The monoisotopic (exact) mass is 430 g/mol. The van der Waals surface area contributed by atoms with E-state index in [1.165, 1.54) is 25.7 Å². The zero-order chi connectivity index (χ0) is 15.8. The molecule has 0 atom stereocenters. The summed E-state index contributed by atoms with van der Waals surface area (Å²) >= 11 is 0. The number of hydrogen-bond donors (Lipinski definition) is 2. The zero-order valence-corrected chi connectivity index (χ0v) is 16.1. The number of amides is 1. The van der Waals surface area contributed by atoms with E-state index in [0.29, 0.717) is 18.1 Å². The van der Waals surface area contributed by atoms with Crippen LogP contribution in [0.15, 0.2) is 29.3 Å². The van der Waals surface area contributed by atoms with E-state index in [9.17, 15) is 4.79 Å². The summed E-state index contributed by atoms with van der Waals surface area (Å²) < 4.78 is 0. The second kappa shape index (κ2) is 10.5. The standard InChI is InChI=1S/C17H26N4O.HI/c1-19-16(22)15-8-6-7-14(13-15)9-10-20-17(18)21-11-4-2-3-5-12-21;/h6-8,13H,2-5,9-12H2,1H3,(H2,18,20)(H,19,22);1H. The number of carbonyl (C=O) groups is 1. The third kappa shape index (κ3) is 6.37. The number of carbonyl (C=O) groups excluding carboxylic acids is 1. The number of nitrogens with zero attached hydrogens (tertiary/aromatic N) is 2. The number of benzene rings is 1. The summed E-state index contributed by atoms with van der Waals surface area (Å²) in [5.41, 5.74) is 7.88. The second-order valence-electron chi connectivity index (χ2n) is 5.67. The van der Waals surface area contributed by atoms with Crippen LogP contribution >= 0.6 is 24.0 Å². The Morgan fingerprint density at radius 2 is 1.96 bits per heavy atom. The predicted molar refractivity (Wildman–Crippen MR) is 105 cm³/mol. The van der Waals surface area contributed by atoms with Crippen molar-refractivity contribution in [3.8, 4) is 0 Å². The molecule has 0 unspecified atom stereocenters. The van der Waals surface area contributed by atoms with Crippen molar-refractivity contribution in [2.45, 2.75) is 32.1 Å². The van der Waals surface area contributed by atoms with E-state index in [1.54, 1.807) is 7.05 Å². The lowest BCUT2D eigenvalue weighted by Gasteiger charge is -2.21. The average molecular weight is 430 g/mol. The molecular formula is C17H27IN4O. The lowest BCUT2D eigenvalue weighted by atomic mass is 10.1. The van der Waals surface area contributed by atoms with Gasteiger partial charge in [-0.05, 0) is 37.0 Å². The van der Waals surface area contributed by atoms with Crippen LogP contribution in [0, 0.1) is 0 Å². The first-order valence-corrected chi connectivity index (χ1v) is 8.06. The van der Waals surface area contributed by atoms with Gasteiger partial charge in [0.15, 0.2) is 5.96 Å². The molecule has 3 N–H and O–H groups in total. The molecule has 1 aromatic carbocycles. The van der Waals surface area contributed by atoms with Gasteiger partial charge in [0.1, 0.15) is 0 Å². The molecular weight excluding hydrogens is 403 g/mol. The molecule has 1 fully saturated rings. The Morgan fingerprint density at radius 3 is 2.61 bits per heavy atom. The van der Waals surface area contributed by atoms with E-state index in [1.807, 2.05) is 24.3 Å². The summed E-state index contributed by atoms with van der Waals surface area (Å²) in [7, 11) is 1.64. The van der Waals surface area contributed by atoms with Crippen LogP contribution in [0.3, 0.4) is 0 Å². The Morgan fingerprint density at radius 1 is 1.26 bits per heavy atom. The molecule has 0 spiro atoms. The van der Waals surface area contributed by atoms with Crippen LogP contribution in [0.1, 0.15) is 41.6 Å². The maximum atomic E-state index is 11.6. The smallest absolute Gasteiger partial charge is 0.251 e. The first-order chi connectivity index (χ1) is 10.7. The molecule has 128 valence electrons. The molecule has 0 saturated carbocycles. The molecule has 0 aliphatic carbocycles. The van der Waals surface area contributed by atoms with Crippen LogP contribution in [0.5, 0.6) is 0 Å². The minimum atomic E-state index is -0.0607. The van der Waals surface area contributed by atoms with Gasteiger partial charge < -0.3 is 16.0 Å². The van der Waals surface area contributed by atoms with Crippen molar-refractivity contribution >= 4 is 35.8 Å². The zero-order valence-electron chi connectivity index (χ0n) is 13.8. The molecule has 1 aromatic rings. The van der Waals surface area contributed by atoms with Gasteiger partial charge in [-0.2, -0.15) is 0 Å². The number of halogens is 1. The van der Waals surface area contributed by atoms with Gasteiger partial charge in [-0.15, -0.1) is 24.0 Å². The van der Waals surface area contributed by atoms with Crippen LogP contribution in [0.2, 0.25) is 0 Å². The number of likely N-dealkylation sites (tertiary alicyclic amines) is 1. The van der Waals surface area contributed by atoms with Crippen molar-refractivity contribution in [1.29, 1.82) is 0 Å². The lowest BCUT2D eigenvalue weighted by molar-refractivity contribution is 0.0963. The van der Waals surface area contributed by atoms with Crippen LogP contribution in [-0.2, 0) is 6.42 Å². The largest absolute Gasteiger partial charge is 0.370 e. The van der Waals surface area contributed by atoms with Crippen molar-refractivity contribution in [3.05, 3.63) is 35.4 Å².